The summed E-state index contributed by atoms with van der Waals surface area (Å²) in [5.41, 5.74) is 3.58. The molecule has 2 heterocycles. The first-order valence-corrected chi connectivity index (χ1v) is 8.40. The largest absolute Gasteiger partial charge is 0.307 e. The number of carbonyl (C=O) groups excluding carboxylic acids is 1. The van der Waals surface area contributed by atoms with Gasteiger partial charge in [-0.3, -0.25) is 14.2 Å². The van der Waals surface area contributed by atoms with Crippen LogP contribution in [0.2, 0.25) is 0 Å². The molecule has 1 aromatic heterocycles. The summed E-state index contributed by atoms with van der Waals surface area (Å²) in [6.45, 7) is 3.96. The predicted octanol–water partition coefficient (Wildman–Crippen LogP) is 2.68. The molecule has 1 aliphatic heterocycles. The fourth-order valence-corrected chi connectivity index (χ4v) is 3.55. The lowest BCUT2D eigenvalue weighted by atomic mass is 10.1. The monoisotopic (exact) mass is 333 g/mol. The smallest absolute Gasteiger partial charge is 0.261 e. The molecule has 126 valence electrons. The molecule has 0 aliphatic carbocycles. The molecule has 0 unspecified atom stereocenters. The van der Waals surface area contributed by atoms with Crippen molar-refractivity contribution in [2.45, 2.75) is 32.9 Å². The highest BCUT2D eigenvalue weighted by atomic mass is 16.2. The van der Waals surface area contributed by atoms with Gasteiger partial charge in [-0.2, -0.15) is 0 Å². The maximum atomic E-state index is 12.9. The zero-order chi connectivity index (χ0) is 17.6. The minimum absolute atomic E-state index is 0.00557. The van der Waals surface area contributed by atoms with Crippen molar-refractivity contribution < 1.29 is 4.79 Å². The first-order chi connectivity index (χ1) is 12.0. The fourth-order valence-electron chi connectivity index (χ4n) is 3.55. The number of rotatable bonds is 2. The van der Waals surface area contributed by atoms with E-state index in [0.29, 0.717) is 10.9 Å². The van der Waals surface area contributed by atoms with E-state index < -0.39 is 0 Å². The van der Waals surface area contributed by atoms with E-state index in [1.54, 1.807) is 4.90 Å². The van der Waals surface area contributed by atoms with Crippen molar-refractivity contribution in [1.29, 1.82) is 0 Å². The summed E-state index contributed by atoms with van der Waals surface area (Å²) in [5, 5.41) is 0.546. The van der Waals surface area contributed by atoms with E-state index in [1.165, 1.54) is 16.5 Å². The van der Waals surface area contributed by atoms with Gasteiger partial charge in [-0.1, -0.05) is 29.8 Å². The van der Waals surface area contributed by atoms with Gasteiger partial charge in [-0.05, 0) is 44.0 Å². The van der Waals surface area contributed by atoms with Gasteiger partial charge in [-0.15, -0.1) is 0 Å². The first kappa shape index (κ1) is 15.6. The lowest BCUT2D eigenvalue weighted by Crippen LogP contribution is -2.40. The molecule has 0 bridgehead atoms. The second kappa shape index (κ2) is 5.84. The quantitative estimate of drug-likeness (QED) is 0.724. The second-order valence-electron chi connectivity index (χ2n) is 6.64. The molecule has 25 heavy (non-hydrogen) atoms. The van der Waals surface area contributed by atoms with E-state index in [4.69, 9.17) is 0 Å². The zero-order valence-electron chi connectivity index (χ0n) is 14.3. The van der Waals surface area contributed by atoms with E-state index >= 15 is 0 Å². The lowest BCUT2D eigenvalue weighted by molar-refractivity contribution is -0.119. The van der Waals surface area contributed by atoms with Crippen molar-refractivity contribution in [2.24, 2.45) is 0 Å². The van der Waals surface area contributed by atoms with Crippen LogP contribution in [0.25, 0.3) is 10.9 Å². The molecule has 4 rings (SSSR count). The Labute approximate surface area is 145 Å². The first-order valence-electron chi connectivity index (χ1n) is 8.40. The Hall–Kier alpha value is -2.95. The van der Waals surface area contributed by atoms with Crippen LogP contribution in [0.15, 0.2) is 53.6 Å². The molecule has 0 saturated heterocycles. The topological polar surface area (TPSA) is 55.2 Å². The summed E-state index contributed by atoms with van der Waals surface area (Å²) in [6, 6.07) is 13.6. The van der Waals surface area contributed by atoms with Gasteiger partial charge >= 0.3 is 0 Å². The number of para-hydroxylation sites is 1. The van der Waals surface area contributed by atoms with Gasteiger partial charge in [-0.25, -0.2) is 4.98 Å². The Balaban J connectivity index is 1.69. The van der Waals surface area contributed by atoms with Crippen molar-refractivity contribution in [3.8, 4) is 0 Å². The van der Waals surface area contributed by atoms with Gasteiger partial charge in [0.2, 0.25) is 5.91 Å². The van der Waals surface area contributed by atoms with E-state index in [1.807, 2.05) is 56.3 Å². The molecule has 0 fully saturated rings. The number of carbonyl (C=O) groups is 1. The fraction of sp³-hybridized carbons (Fsp3) is 0.250. The average Bonchev–Trinajstić information content (AvgIpc) is 2.93. The third-order valence-electron chi connectivity index (χ3n) is 4.76. The Morgan fingerprint density at radius 2 is 2.04 bits per heavy atom. The molecule has 1 atom stereocenters. The van der Waals surface area contributed by atoms with Crippen molar-refractivity contribution in [3.05, 3.63) is 70.3 Å². The number of fused-ring (bicyclic) bond motifs is 2. The summed E-state index contributed by atoms with van der Waals surface area (Å²) >= 11 is 0. The van der Waals surface area contributed by atoms with Crippen molar-refractivity contribution in [2.75, 3.05) is 4.90 Å². The van der Waals surface area contributed by atoms with Crippen LogP contribution >= 0.6 is 0 Å². The Morgan fingerprint density at radius 3 is 2.88 bits per heavy atom. The maximum Gasteiger partial charge on any atom is 0.261 e. The average molecular weight is 333 g/mol. The number of aromatic nitrogens is 2. The molecule has 1 amide bonds. The highest BCUT2D eigenvalue weighted by molar-refractivity contribution is 5.96. The SMILES string of the molecule is Cc1ccc2ncn(CC(=O)N3c4ccccc4C[C@@H]3C)c(=O)c2c1. The molecule has 0 spiro atoms. The molecular weight excluding hydrogens is 314 g/mol. The van der Waals surface area contributed by atoms with Crippen LogP contribution in [0.4, 0.5) is 5.69 Å². The van der Waals surface area contributed by atoms with Crippen LogP contribution in [0.3, 0.4) is 0 Å². The Kier molecular flexibility index (Phi) is 3.64. The van der Waals surface area contributed by atoms with Crippen LogP contribution in [0, 0.1) is 6.92 Å². The van der Waals surface area contributed by atoms with Gasteiger partial charge in [0.05, 0.1) is 17.2 Å². The van der Waals surface area contributed by atoms with Crippen molar-refractivity contribution >= 4 is 22.5 Å². The number of anilines is 1. The molecule has 5 nitrogen and oxygen atoms in total. The van der Waals surface area contributed by atoms with Crippen molar-refractivity contribution in [1.82, 2.24) is 9.55 Å². The molecule has 0 N–H and O–H groups in total. The molecular formula is C20H19N3O2. The summed E-state index contributed by atoms with van der Waals surface area (Å²) in [7, 11) is 0. The van der Waals surface area contributed by atoms with E-state index in [9.17, 15) is 9.59 Å². The molecule has 5 heteroatoms. The van der Waals surface area contributed by atoms with Crippen LogP contribution in [0.1, 0.15) is 18.1 Å². The number of hydrogen-bond donors (Lipinski definition) is 0. The summed E-state index contributed by atoms with van der Waals surface area (Å²) in [6.07, 6.45) is 2.30. The Bertz CT molecular complexity index is 1040. The zero-order valence-corrected chi connectivity index (χ0v) is 14.3. The van der Waals surface area contributed by atoms with E-state index in [-0.39, 0.29) is 24.1 Å². The number of nitrogens with zero attached hydrogens (tertiary/aromatic N) is 3. The Morgan fingerprint density at radius 1 is 1.24 bits per heavy atom. The summed E-state index contributed by atoms with van der Waals surface area (Å²) in [4.78, 5) is 31.7. The highest BCUT2D eigenvalue weighted by Crippen LogP contribution is 2.31. The molecule has 0 saturated carbocycles. The summed E-state index contributed by atoms with van der Waals surface area (Å²) in [5.74, 6) is -0.0895. The lowest BCUT2D eigenvalue weighted by Gasteiger charge is -2.23. The van der Waals surface area contributed by atoms with Gasteiger partial charge in [0, 0.05) is 11.7 Å². The van der Waals surface area contributed by atoms with Gasteiger partial charge < -0.3 is 4.90 Å². The predicted molar refractivity (Wildman–Crippen MR) is 97.8 cm³/mol. The number of benzene rings is 2. The van der Waals surface area contributed by atoms with Gasteiger partial charge in [0.1, 0.15) is 6.54 Å². The van der Waals surface area contributed by atoms with Crippen LogP contribution in [0.5, 0.6) is 0 Å². The number of aryl methyl sites for hydroxylation is 1. The molecule has 1 aliphatic rings. The normalized spacial score (nSPS) is 16.2. The highest BCUT2D eigenvalue weighted by Gasteiger charge is 2.30. The minimum Gasteiger partial charge on any atom is -0.307 e. The van der Waals surface area contributed by atoms with Crippen molar-refractivity contribution in [3.63, 3.8) is 0 Å². The number of hydrogen-bond acceptors (Lipinski definition) is 3. The molecule has 2 aromatic carbocycles. The van der Waals surface area contributed by atoms with E-state index in [0.717, 1.165) is 17.7 Å². The van der Waals surface area contributed by atoms with Crippen LogP contribution < -0.4 is 10.5 Å². The third kappa shape index (κ3) is 2.61. The standard InChI is InChI=1S/C20H19N3O2/c1-13-7-8-17-16(9-13)20(25)22(12-21-17)11-19(24)23-14(2)10-15-5-3-4-6-18(15)23/h3-9,12,14H,10-11H2,1-2H3/t14-/m0/s1. The van der Waals surface area contributed by atoms with E-state index in [2.05, 4.69) is 4.98 Å². The summed E-state index contributed by atoms with van der Waals surface area (Å²) < 4.78 is 1.40. The van der Waals surface area contributed by atoms with Crippen LogP contribution in [-0.4, -0.2) is 21.5 Å². The molecule has 0 radical (unpaired) electrons. The van der Waals surface area contributed by atoms with Gasteiger partial charge in [0.25, 0.3) is 5.56 Å². The molecule has 3 aromatic rings. The van der Waals surface area contributed by atoms with Gasteiger partial charge in [0.15, 0.2) is 0 Å². The van der Waals surface area contributed by atoms with Crippen LogP contribution in [-0.2, 0) is 17.8 Å². The maximum absolute atomic E-state index is 12.9. The second-order valence-corrected chi connectivity index (χ2v) is 6.64. The minimum atomic E-state index is -0.179. The third-order valence-corrected chi connectivity index (χ3v) is 4.76. The number of amides is 1.